The minimum atomic E-state index is -0.412. The van der Waals surface area contributed by atoms with Gasteiger partial charge in [-0.25, -0.2) is 4.79 Å². The molecule has 0 aliphatic heterocycles. The van der Waals surface area contributed by atoms with E-state index in [9.17, 15) is 10.0 Å². The molecule has 0 heterocycles. The average molecular weight is 281 g/mol. The van der Waals surface area contributed by atoms with Gasteiger partial charge in [-0.2, -0.15) is 5.26 Å². The van der Waals surface area contributed by atoms with E-state index in [4.69, 9.17) is 10.00 Å². The number of carbonyl (C=O) groups is 1. The van der Waals surface area contributed by atoms with E-state index < -0.39 is 5.97 Å². The Labute approximate surface area is 121 Å². The number of nitrogens with zero attached hydrogens (tertiary/aromatic N) is 3. The molecule has 0 bridgehead atoms. The van der Waals surface area contributed by atoms with Gasteiger partial charge in [-0.3, -0.25) is 0 Å². The molecule has 6 nitrogen and oxygen atoms in total. The molecule has 0 aliphatic carbocycles. The van der Waals surface area contributed by atoms with E-state index in [1.807, 2.05) is 6.07 Å². The van der Waals surface area contributed by atoms with Crippen LogP contribution in [0.3, 0.4) is 0 Å². The molecule has 0 aliphatic rings. The minimum absolute atomic E-state index is 0.0995. The highest BCUT2D eigenvalue weighted by Crippen LogP contribution is 2.14. The maximum absolute atomic E-state index is 11.7. The Hall–Kier alpha value is -3.20. The van der Waals surface area contributed by atoms with Crippen molar-refractivity contribution in [1.29, 1.82) is 5.26 Å². The molecule has 0 atom stereocenters. The molecule has 0 spiro atoms. The molecular weight excluding hydrogens is 270 g/mol. The number of ether oxygens (including phenoxy) is 1. The third-order valence-corrected chi connectivity index (χ3v) is 2.67. The second kappa shape index (κ2) is 6.82. The van der Waals surface area contributed by atoms with Crippen molar-refractivity contribution in [2.45, 2.75) is 6.61 Å². The largest absolute Gasteiger partial charge is 0.593 e. The van der Waals surface area contributed by atoms with E-state index in [2.05, 4.69) is 5.11 Å². The fourth-order valence-corrected chi connectivity index (χ4v) is 1.62. The molecule has 6 heteroatoms. The summed E-state index contributed by atoms with van der Waals surface area (Å²) < 4.78 is 5.16. The summed E-state index contributed by atoms with van der Waals surface area (Å²) in [5.74, 6) is -0.412. The van der Waals surface area contributed by atoms with Crippen molar-refractivity contribution in [3.05, 3.63) is 70.9 Å². The van der Waals surface area contributed by atoms with Crippen LogP contribution in [0.1, 0.15) is 15.9 Å². The molecule has 0 amide bonds. The third-order valence-electron chi connectivity index (χ3n) is 2.67. The van der Waals surface area contributed by atoms with Gasteiger partial charge in [-0.1, -0.05) is 18.2 Å². The molecular formula is C15H11N3O3. The molecule has 2 aromatic carbocycles. The summed E-state index contributed by atoms with van der Waals surface area (Å²) in [7, 11) is 0. The van der Waals surface area contributed by atoms with Crippen LogP contribution in [0.5, 0.6) is 0 Å². The summed E-state index contributed by atoms with van der Waals surface area (Å²) in [5.41, 5.74) is 1.44. The number of hydrogen-bond donors (Lipinski definition) is 0. The van der Waals surface area contributed by atoms with Gasteiger partial charge in [0.05, 0.1) is 10.7 Å². The maximum atomic E-state index is 11.7. The van der Waals surface area contributed by atoms with Crippen molar-refractivity contribution in [3.63, 3.8) is 0 Å². The lowest BCUT2D eigenvalue weighted by molar-refractivity contribution is -0.435. The number of azo groups is 1. The van der Waals surface area contributed by atoms with Crippen molar-refractivity contribution >= 4 is 11.7 Å². The average Bonchev–Trinajstić information content (AvgIpc) is 2.54. The summed E-state index contributed by atoms with van der Waals surface area (Å²) in [4.78, 5) is 12.0. The molecule has 0 saturated carbocycles. The predicted molar refractivity (Wildman–Crippen MR) is 73.3 cm³/mol. The van der Waals surface area contributed by atoms with Gasteiger partial charge in [0.2, 0.25) is 5.69 Å². The highest BCUT2D eigenvalue weighted by Gasteiger charge is 2.07. The van der Waals surface area contributed by atoms with Crippen LogP contribution in [0.25, 0.3) is 0 Å². The zero-order valence-corrected chi connectivity index (χ0v) is 11.0. The highest BCUT2D eigenvalue weighted by atomic mass is 16.5. The first-order chi connectivity index (χ1) is 10.2. The molecule has 0 fully saturated rings. The zero-order chi connectivity index (χ0) is 15.1. The maximum Gasteiger partial charge on any atom is 0.338 e. The molecule has 0 saturated heterocycles. The normalized spacial score (nSPS) is 10.7. The molecule has 0 N–H and O–H groups in total. The van der Waals surface area contributed by atoms with Crippen LogP contribution in [-0.4, -0.2) is 10.8 Å². The first kappa shape index (κ1) is 14.2. The second-order valence-corrected chi connectivity index (χ2v) is 4.08. The van der Waals surface area contributed by atoms with E-state index in [-0.39, 0.29) is 17.2 Å². The van der Waals surface area contributed by atoms with Gasteiger partial charge in [0.1, 0.15) is 6.61 Å². The van der Waals surface area contributed by atoms with Crippen LogP contribution in [0.15, 0.2) is 59.7 Å². The van der Waals surface area contributed by atoms with Crippen LogP contribution >= 0.6 is 0 Å². The summed E-state index contributed by atoms with van der Waals surface area (Å²) >= 11 is 0. The second-order valence-electron chi connectivity index (χ2n) is 4.08. The molecule has 2 rings (SSSR count). The van der Waals surface area contributed by atoms with Crippen molar-refractivity contribution in [3.8, 4) is 6.19 Å². The fraction of sp³-hybridized carbons (Fsp3) is 0.0667. The standard InChI is InChI=1S/C15H11N3O3/c16-11-17-18(20)14-8-6-12(7-9-14)10-21-15(19)13-4-2-1-3-5-13/h1-9H,10H2. The summed E-state index contributed by atoms with van der Waals surface area (Å²) in [6.07, 6.45) is 1.41. The molecule has 2 aromatic rings. The van der Waals surface area contributed by atoms with Crippen molar-refractivity contribution in [2.75, 3.05) is 0 Å². The molecule has 0 radical (unpaired) electrons. The zero-order valence-electron chi connectivity index (χ0n) is 11.0. The number of nitriles is 1. The topological polar surface area (TPSA) is 88.5 Å². The first-order valence-electron chi connectivity index (χ1n) is 6.09. The Morgan fingerprint density at radius 2 is 1.86 bits per heavy atom. The van der Waals surface area contributed by atoms with Crippen molar-refractivity contribution in [1.82, 2.24) is 0 Å². The van der Waals surface area contributed by atoms with Crippen LogP contribution in [0.2, 0.25) is 0 Å². The van der Waals surface area contributed by atoms with E-state index >= 15 is 0 Å². The monoisotopic (exact) mass is 281 g/mol. The van der Waals surface area contributed by atoms with Crippen LogP contribution in [0.4, 0.5) is 5.69 Å². The first-order valence-corrected chi connectivity index (χ1v) is 6.09. The number of esters is 1. The Bertz CT molecular complexity index is 688. The Morgan fingerprint density at radius 3 is 2.48 bits per heavy atom. The van der Waals surface area contributed by atoms with Gasteiger partial charge in [-0.05, 0) is 34.7 Å². The minimum Gasteiger partial charge on any atom is -0.593 e. The van der Waals surface area contributed by atoms with E-state index in [1.165, 1.54) is 18.3 Å². The van der Waals surface area contributed by atoms with Gasteiger partial charge in [0.25, 0.3) is 6.19 Å². The van der Waals surface area contributed by atoms with Crippen molar-refractivity contribution in [2.24, 2.45) is 5.11 Å². The summed E-state index contributed by atoms with van der Waals surface area (Å²) in [6.45, 7) is 0.0995. The van der Waals surface area contributed by atoms with Gasteiger partial charge in [0.15, 0.2) is 0 Å². The number of rotatable bonds is 4. The lowest BCUT2D eigenvalue weighted by Gasteiger charge is -2.05. The number of carbonyl (C=O) groups excluding carboxylic acids is 1. The molecule has 0 unspecified atom stereocenters. The highest BCUT2D eigenvalue weighted by molar-refractivity contribution is 5.89. The van der Waals surface area contributed by atoms with Gasteiger partial charge >= 0.3 is 5.97 Å². The van der Waals surface area contributed by atoms with E-state index in [0.717, 1.165) is 5.56 Å². The lowest BCUT2D eigenvalue weighted by Crippen LogP contribution is -2.04. The molecule has 21 heavy (non-hydrogen) atoms. The number of benzene rings is 2. The Balaban J connectivity index is 1.97. The van der Waals surface area contributed by atoms with Crippen molar-refractivity contribution < 1.29 is 14.4 Å². The Morgan fingerprint density at radius 1 is 1.19 bits per heavy atom. The summed E-state index contributed by atoms with van der Waals surface area (Å²) in [6, 6.07) is 14.9. The van der Waals surface area contributed by atoms with Gasteiger partial charge < -0.3 is 9.94 Å². The molecule has 0 aromatic heterocycles. The van der Waals surface area contributed by atoms with Crippen LogP contribution in [-0.2, 0) is 11.3 Å². The van der Waals surface area contributed by atoms with E-state index in [0.29, 0.717) is 5.56 Å². The Kier molecular flexibility index (Phi) is 4.62. The van der Waals surface area contributed by atoms with E-state index in [1.54, 1.807) is 36.4 Å². The smallest absolute Gasteiger partial charge is 0.338 e. The quantitative estimate of drug-likeness (QED) is 0.283. The van der Waals surface area contributed by atoms with Crippen LogP contribution < -0.4 is 0 Å². The fourth-order valence-electron chi connectivity index (χ4n) is 1.62. The third kappa shape index (κ3) is 3.88. The molecule has 104 valence electrons. The SMILES string of the molecule is N#CN=[N+]([O-])c1ccc(COC(=O)c2ccccc2)cc1. The van der Waals surface area contributed by atoms with Gasteiger partial charge in [0, 0.05) is 12.1 Å². The predicted octanol–water partition coefficient (Wildman–Crippen LogP) is 3.12. The van der Waals surface area contributed by atoms with Crippen LogP contribution in [0, 0.1) is 16.7 Å². The lowest BCUT2D eigenvalue weighted by atomic mass is 10.2. The summed E-state index contributed by atoms with van der Waals surface area (Å²) in [5, 5.41) is 22.6. The van der Waals surface area contributed by atoms with Gasteiger partial charge in [-0.15, -0.1) is 0 Å². The number of hydrogen-bond acceptors (Lipinski definition) is 5.